The monoisotopic (exact) mass is 356 g/mol. The number of aromatic nitrogens is 1. The number of ether oxygens (including phenoxy) is 1. The number of amides is 1. The molecule has 0 unspecified atom stereocenters. The molecule has 3 aromatic rings. The van der Waals surface area contributed by atoms with Gasteiger partial charge in [0.15, 0.2) is 6.61 Å². The van der Waals surface area contributed by atoms with Crippen LogP contribution in [0.25, 0.3) is 10.9 Å². The first-order chi connectivity index (χ1) is 12.1. The molecule has 0 aliphatic rings. The van der Waals surface area contributed by atoms with E-state index in [0.29, 0.717) is 11.6 Å². The van der Waals surface area contributed by atoms with Gasteiger partial charge in [-0.3, -0.25) is 9.59 Å². The van der Waals surface area contributed by atoms with Crippen LogP contribution in [-0.4, -0.2) is 23.5 Å². The molecule has 0 aliphatic carbocycles. The number of para-hydroxylation sites is 1. The van der Waals surface area contributed by atoms with Crippen LogP contribution in [-0.2, 0) is 27.3 Å². The van der Waals surface area contributed by atoms with Crippen LogP contribution in [0, 0.1) is 0 Å². The Morgan fingerprint density at radius 3 is 2.64 bits per heavy atom. The van der Waals surface area contributed by atoms with Crippen LogP contribution in [0.1, 0.15) is 11.1 Å². The predicted molar refractivity (Wildman–Crippen MR) is 96.3 cm³/mol. The Morgan fingerprint density at radius 2 is 1.80 bits per heavy atom. The Hall–Kier alpha value is -2.79. The second kappa shape index (κ2) is 7.85. The number of nitrogens with one attached hydrogen (secondary N) is 2. The van der Waals surface area contributed by atoms with Gasteiger partial charge in [-0.05, 0) is 23.3 Å². The van der Waals surface area contributed by atoms with Crippen molar-refractivity contribution in [2.45, 2.75) is 13.0 Å². The number of benzene rings is 2. The average molecular weight is 357 g/mol. The molecule has 1 aromatic heterocycles. The number of rotatable bonds is 6. The summed E-state index contributed by atoms with van der Waals surface area (Å²) < 4.78 is 5.05. The minimum absolute atomic E-state index is 0.113. The first-order valence-corrected chi connectivity index (χ1v) is 8.22. The molecule has 0 atom stereocenters. The molecule has 0 saturated carbocycles. The smallest absolute Gasteiger partial charge is 0.310 e. The molecule has 25 heavy (non-hydrogen) atoms. The Labute approximate surface area is 149 Å². The van der Waals surface area contributed by atoms with Gasteiger partial charge in [-0.15, -0.1) is 0 Å². The van der Waals surface area contributed by atoms with Crippen molar-refractivity contribution in [1.29, 1.82) is 0 Å². The lowest BCUT2D eigenvalue weighted by atomic mass is 10.1. The van der Waals surface area contributed by atoms with Gasteiger partial charge in [-0.2, -0.15) is 0 Å². The normalized spacial score (nSPS) is 10.6. The fourth-order valence-corrected chi connectivity index (χ4v) is 2.72. The largest absolute Gasteiger partial charge is 0.455 e. The molecular weight excluding hydrogens is 340 g/mol. The molecule has 0 spiro atoms. The van der Waals surface area contributed by atoms with E-state index in [4.69, 9.17) is 16.3 Å². The van der Waals surface area contributed by atoms with Crippen LogP contribution < -0.4 is 5.32 Å². The summed E-state index contributed by atoms with van der Waals surface area (Å²) in [6, 6.07) is 14.9. The van der Waals surface area contributed by atoms with Crippen molar-refractivity contribution in [2.24, 2.45) is 0 Å². The van der Waals surface area contributed by atoms with Gasteiger partial charge in [0, 0.05) is 28.7 Å². The van der Waals surface area contributed by atoms with E-state index in [9.17, 15) is 9.59 Å². The van der Waals surface area contributed by atoms with Crippen LogP contribution >= 0.6 is 11.6 Å². The quantitative estimate of drug-likeness (QED) is 0.666. The summed E-state index contributed by atoms with van der Waals surface area (Å²) in [7, 11) is 0. The Morgan fingerprint density at radius 1 is 1.04 bits per heavy atom. The molecule has 2 N–H and O–H groups in total. The average Bonchev–Trinajstić information content (AvgIpc) is 3.02. The Bertz CT molecular complexity index is 904. The van der Waals surface area contributed by atoms with Gasteiger partial charge in [0.05, 0.1) is 6.42 Å². The maximum atomic E-state index is 11.9. The molecule has 1 amide bonds. The molecule has 3 rings (SSSR count). The van der Waals surface area contributed by atoms with Crippen molar-refractivity contribution in [3.8, 4) is 0 Å². The molecule has 1 heterocycles. The summed E-state index contributed by atoms with van der Waals surface area (Å²) in [5.41, 5.74) is 2.61. The van der Waals surface area contributed by atoms with Crippen molar-refractivity contribution < 1.29 is 14.3 Å². The molecule has 6 heteroatoms. The molecule has 0 fully saturated rings. The van der Waals surface area contributed by atoms with E-state index < -0.39 is 5.97 Å². The fourth-order valence-electron chi connectivity index (χ4n) is 2.52. The molecule has 0 bridgehead atoms. The zero-order valence-electron chi connectivity index (χ0n) is 13.4. The minimum atomic E-state index is -0.447. The zero-order chi connectivity index (χ0) is 17.6. The third-order valence-corrected chi connectivity index (χ3v) is 4.18. The number of halogens is 1. The highest BCUT2D eigenvalue weighted by Crippen LogP contribution is 2.18. The van der Waals surface area contributed by atoms with Gasteiger partial charge < -0.3 is 15.0 Å². The topological polar surface area (TPSA) is 71.2 Å². The third kappa shape index (κ3) is 4.39. The lowest BCUT2D eigenvalue weighted by molar-refractivity contribution is -0.147. The van der Waals surface area contributed by atoms with Crippen LogP contribution in [0.3, 0.4) is 0 Å². The van der Waals surface area contributed by atoms with Crippen molar-refractivity contribution in [1.82, 2.24) is 10.3 Å². The van der Waals surface area contributed by atoms with Gasteiger partial charge in [-0.1, -0.05) is 48.0 Å². The van der Waals surface area contributed by atoms with E-state index in [1.165, 1.54) is 0 Å². The maximum Gasteiger partial charge on any atom is 0.310 e. The van der Waals surface area contributed by atoms with Crippen LogP contribution in [0.4, 0.5) is 0 Å². The number of esters is 1. The van der Waals surface area contributed by atoms with Crippen LogP contribution in [0.2, 0.25) is 5.02 Å². The van der Waals surface area contributed by atoms with E-state index in [1.807, 2.05) is 42.5 Å². The predicted octanol–water partition coefficient (Wildman–Crippen LogP) is 3.22. The number of hydrogen-bond donors (Lipinski definition) is 2. The summed E-state index contributed by atoms with van der Waals surface area (Å²) in [4.78, 5) is 26.9. The van der Waals surface area contributed by atoms with Crippen molar-refractivity contribution in [2.75, 3.05) is 6.61 Å². The summed E-state index contributed by atoms with van der Waals surface area (Å²) in [5, 5.41) is 4.23. The number of carbonyl (C=O) groups excluding carboxylic acids is 2. The van der Waals surface area contributed by atoms with E-state index in [2.05, 4.69) is 10.3 Å². The van der Waals surface area contributed by atoms with E-state index in [-0.39, 0.29) is 18.9 Å². The molecule has 0 saturated heterocycles. The van der Waals surface area contributed by atoms with Crippen molar-refractivity contribution in [3.05, 3.63) is 70.9 Å². The van der Waals surface area contributed by atoms with Crippen molar-refractivity contribution >= 4 is 34.4 Å². The van der Waals surface area contributed by atoms with Gasteiger partial charge in [0.25, 0.3) is 5.91 Å². The number of hydrogen-bond acceptors (Lipinski definition) is 3. The fraction of sp³-hybridized carbons (Fsp3) is 0.158. The van der Waals surface area contributed by atoms with E-state index in [1.54, 1.807) is 12.3 Å². The maximum absolute atomic E-state index is 11.9. The van der Waals surface area contributed by atoms with Gasteiger partial charge in [0.1, 0.15) is 0 Å². The Balaban J connectivity index is 1.47. The molecular formula is C19H17ClN2O3. The van der Waals surface area contributed by atoms with E-state index >= 15 is 0 Å². The minimum Gasteiger partial charge on any atom is -0.455 e. The van der Waals surface area contributed by atoms with Crippen LogP contribution in [0.15, 0.2) is 54.7 Å². The highest BCUT2D eigenvalue weighted by Gasteiger charge is 2.12. The summed E-state index contributed by atoms with van der Waals surface area (Å²) in [6.07, 6.45) is 1.89. The molecule has 128 valence electrons. The van der Waals surface area contributed by atoms with Gasteiger partial charge >= 0.3 is 5.97 Å². The number of H-pyrrole nitrogens is 1. The van der Waals surface area contributed by atoms with Gasteiger partial charge in [-0.25, -0.2) is 0 Å². The summed E-state index contributed by atoms with van der Waals surface area (Å²) in [5.74, 6) is -0.815. The highest BCUT2D eigenvalue weighted by atomic mass is 35.5. The molecule has 0 radical (unpaired) electrons. The summed E-state index contributed by atoms with van der Waals surface area (Å²) >= 11 is 6.02. The van der Waals surface area contributed by atoms with Gasteiger partial charge in [0.2, 0.25) is 0 Å². The zero-order valence-corrected chi connectivity index (χ0v) is 14.2. The second-order valence-electron chi connectivity index (χ2n) is 5.57. The lowest BCUT2D eigenvalue weighted by Gasteiger charge is -2.07. The first kappa shape index (κ1) is 17.0. The highest BCUT2D eigenvalue weighted by molar-refractivity contribution is 6.31. The lowest BCUT2D eigenvalue weighted by Crippen LogP contribution is -2.28. The number of aromatic amines is 1. The standard InChI is InChI=1S/C19H17ClN2O3/c20-16-7-3-1-5-13(16)10-22-18(23)12-25-19(24)9-14-11-21-17-8-4-2-6-15(14)17/h1-8,11,21H,9-10,12H2,(H,22,23). The van der Waals surface area contributed by atoms with Crippen molar-refractivity contribution in [3.63, 3.8) is 0 Å². The molecule has 0 aliphatic heterocycles. The summed E-state index contributed by atoms with van der Waals surface area (Å²) in [6.45, 7) is -0.0237. The second-order valence-corrected chi connectivity index (χ2v) is 5.97. The molecule has 5 nitrogen and oxygen atoms in total. The Kier molecular flexibility index (Phi) is 5.36. The SMILES string of the molecule is O=C(COC(=O)Cc1c[nH]c2ccccc12)NCc1ccccc1Cl. The third-order valence-electron chi connectivity index (χ3n) is 3.81. The number of fused-ring (bicyclic) bond motifs is 1. The van der Waals surface area contributed by atoms with Crippen LogP contribution in [0.5, 0.6) is 0 Å². The number of carbonyl (C=O) groups is 2. The first-order valence-electron chi connectivity index (χ1n) is 7.84. The molecule has 2 aromatic carbocycles. The van der Waals surface area contributed by atoms with E-state index in [0.717, 1.165) is 22.0 Å².